The van der Waals surface area contributed by atoms with Crippen LogP contribution >= 0.6 is 0 Å². The molecule has 1 saturated carbocycles. The van der Waals surface area contributed by atoms with E-state index in [1.54, 1.807) is 23.9 Å². The number of fused-ring (bicyclic) bond motifs is 1. The first-order valence-corrected chi connectivity index (χ1v) is 14.5. The molecule has 3 aromatic rings. The Bertz CT molecular complexity index is 1560. The molecule has 17 heteroatoms. The second-order valence-corrected chi connectivity index (χ2v) is 13.4. The van der Waals surface area contributed by atoms with Crippen molar-refractivity contribution in [3.05, 3.63) is 46.0 Å². The van der Waals surface area contributed by atoms with E-state index in [4.69, 9.17) is 4.98 Å². The van der Waals surface area contributed by atoms with E-state index in [9.17, 15) is 14.7 Å². The molecule has 1 aliphatic heterocycles. The highest BCUT2D eigenvalue weighted by Crippen LogP contribution is 2.39. The summed E-state index contributed by atoms with van der Waals surface area (Å²) in [6.07, 6.45) is 7.26. The molecule has 206 valence electrons. The highest BCUT2D eigenvalue weighted by molar-refractivity contribution is 6.58. The van der Waals surface area contributed by atoms with Crippen LogP contribution in [0.2, 0.25) is 0 Å². The van der Waals surface area contributed by atoms with E-state index < -0.39 is 16.3 Å². The average Bonchev–Trinajstić information content (AvgIpc) is 3.38. The van der Waals surface area contributed by atoms with Gasteiger partial charge in [0.05, 0.1) is 23.1 Å². The number of carbonyl (C=O) groups excluding carboxylic acids is 1. The summed E-state index contributed by atoms with van der Waals surface area (Å²) >= 11 is 0. The van der Waals surface area contributed by atoms with Crippen molar-refractivity contribution in [3.63, 3.8) is 0 Å². The first-order valence-electron chi connectivity index (χ1n) is 14.5. The number of nitrogens with zero attached hydrogens (tertiary/aromatic N) is 5. The fourth-order valence-electron chi connectivity index (χ4n) is 6.75. The van der Waals surface area contributed by atoms with Gasteiger partial charge in [0, 0.05) is 17.6 Å². The molecule has 1 saturated heterocycles. The van der Waals surface area contributed by atoms with Gasteiger partial charge in [-0.1, -0.05) is 12.8 Å². The molecule has 0 bridgehead atoms. The molecule has 3 N–H and O–H groups in total. The highest BCUT2D eigenvalue weighted by atomic mass is 16.3. The number of carbonyl (C=O) groups is 1. The molecular formula is C24H36B7N7O3. The van der Waals surface area contributed by atoms with Gasteiger partial charge in [0.25, 0.3) is 5.56 Å². The number of aromatic nitrogens is 4. The van der Waals surface area contributed by atoms with Crippen LogP contribution in [0.3, 0.4) is 0 Å². The van der Waals surface area contributed by atoms with E-state index >= 15 is 0 Å². The van der Waals surface area contributed by atoms with Crippen LogP contribution in [0.1, 0.15) is 54.6 Å². The van der Waals surface area contributed by atoms with Crippen molar-refractivity contribution in [2.75, 3.05) is 10.2 Å². The Labute approximate surface area is 247 Å². The van der Waals surface area contributed by atoms with Crippen LogP contribution < -0.4 is 21.1 Å². The summed E-state index contributed by atoms with van der Waals surface area (Å²) in [5.41, 5.74) is 0.654. The number of hydrogen-bond donors (Lipinski definition) is 3. The quantitative estimate of drug-likeness (QED) is 0.213. The van der Waals surface area contributed by atoms with Crippen molar-refractivity contribution >= 4 is 89.2 Å². The van der Waals surface area contributed by atoms with Crippen LogP contribution in [-0.2, 0) is 0 Å². The number of aliphatic hydroxyl groups is 1. The number of Topliss-reactive ketones (excluding diaryl/α,β-unsaturated/α-hetero) is 1. The second kappa shape index (κ2) is 9.83. The van der Waals surface area contributed by atoms with Gasteiger partial charge in [-0.3, -0.25) is 14.2 Å². The molecule has 0 spiro atoms. The van der Waals surface area contributed by atoms with Gasteiger partial charge in [-0.15, -0.1) is 0 Å². The van der Waals surface area contributed by atoms with Crippen LogP contribution in [0.25, 0.3) is 11.0 Å². The molecule has 2 fully saturated rings. The van der Waals surface area contributed by atoms with E-state index in [1.807, 2.05) is 40.6 Å². The molecular weight excluding hydrogens is 510 g/mol. The molecule has 1 aliphatic carbocycles. The average molecular weight is 546 g/mol. The zero-order chi connectivity index (χ0) is 30.1. The SMILES string of the molecule is BC1(B)NC(B)(B)C(B)(O)N(c2ccc(Nc3ncc4c(C)c(C(C)=O)c(=O)n(C5CCCC5)c4n3)nc2)C1(B)B. The number of pyridine rings is 2. The molecule has 5 rings (SSSR count). The highest BCUT2D eigenvalue weighted by Gasteiger charge is 2.59. The largest absolute Gasteiger partial charge is 0.379 e. The predicted octanol–water partition coefficient (Wildman–Crippen LogP) is -4.99. The number of rotatable bonds is 5. The minimum atomic E-state index is -1.20. The van der Waals surface area contributed by atoms with Crippen molar-refractivity contribution in [1.29, 1.82) is 0 Å². The van der Waals surface area contributed by atoms with Crippen LogP contribution in [0.15, 0.2) is 29.3 Å². The van der Waals surface area contributed by atoms with Gasteiger partial charge in [0.2, 0.25) is 5.95 Å². The zero-order valence-electron chi connectivity index (χ0n) is 25.7. The van der Waals surface area contributed by atoms with Gasteiger partial charge in [0.1, 0.15) is 58.5 Å². The number of anilines is 3. The molecule has 10 nitrogen and oxygen atoms in total. The van der Waals surface area contributed by atoms with Gasteiger partial charge in [-0.25, -0.2) is 9.97 Å². The van der Waals surface area contributed by atoms with Crippen molar-refractivity contribution in [2.24, 2.45) is 0 Å². The summed E-state index contributed by atoms with van der Waals surface area (Å²) in [6, 6.07) is 3.78. The molecule has 1 atom stereocenters. The maximum Gasteiger partial charge on any atom is 0.263 e. The van der Waals surface area contributed by atoms with Crippen molar-refractivity contribution in [1.82, 2.24) is 24.8 Å². The Hall–Kier alpha value is -2.92. The third-order valence-corrected chi connectivity index (χ3v) is 9.83. The first kappa shape index (κ1) is 29.6. The molecule has 3 aromatic heterocycles. The Morgan fingerprint density at radius 1 is 1.05 bits per heavy atom. The second-order valence-electron chi connectivity index (χ2n) is 13.4. The fourth-order valence-corrected chi connectivity index (χ4v) is 6.75. The molecule has 4 heterocycles. The molecule has 1 unspecified atom stereocenters. The summed E-state index contributed by atoms with van der Waals surface area (Å²) in [5, 5.41) is 17.9. The monoisotopic (exact) mass is 547 g/mol. The number of hydrogen-bond acceptors (Lipinski definition) is 9. The lowest BCUT2D eigenvalue weighted by Gasteiger charge is -2.68. The topological polar surface area (TPSA) is 125 Å². The predicted molar refractivity (Wildman–Crippen MR) is 182 cm³/mol. The Morgan fingerprint density at radius 3 is 2.29 bits per heavy atom. The maximum atomic E-state index is 13.5. The normalized spacial score (nSPS) is 23.4. The Balaban J connectivity index is 1.52. The van der Waals surface area contributed by atoms with Gasteiger partial charge in [-0.2, -0.15) is 4.98 Å². The van der Waals surface area contributed by atoms with E-state index in [1.165, 1.54) is 6.92 Å². The summed E-state index contributed by atoms with van der Waals surface area (Å²) in [5.74, 6) is 0.604. The number of ketones is 1. The van der Waals surface area contributed by atoms with Crippen molar-refractivity contribution in [3.8, 4) is 0 Å². The summed E-state index contributed by atoms with van der Waals surface area (Å²) in [4.78, 5) is 41.9. The third-order valence-electron chi connectivity index (χ3n) is 9.83. The van der Waals surface area contributed by atoms with Crippen LogP contribution in [0.4, 0.5) is 17.5 Å². The lowest BCUT2D eigenvalue weighted by atomic mass is 9.32. The van der Waals surface area contributed by atoms with Crippen LogP contribution in [-0.4, -0.2) is 107 Å². The van der Waals surface area contributed by atoms with E-state index in [-0.39, 0.29) is 28.3 Å². The summed E-state index contributed by atoms with van der Waals surface area (Å²) in [7, 11) is 14.3. The minimum absolute atomic E-state index is 0.00698. The van der Waals surface area contributed by atoms with Crippen LogP contribution in [0, 0.1) is 6.92 Å². The standard InChI is InChI=1S/C24H36B7N7O3/c1-11-15-10-33-20(35-18(15)37(13-5-3-4-6-13)19(40)17(11)12(2)39)34-16-8-7-14(9-32-16)38-23(29,30)21(25,26)36-22(27,28)24(38,31)41/h7-10,13,36,41H,3-6,25-31H2,1-2H3,(H,32,33,34,35). The lowest BCUT2D eigenvalue weighted by molar-refractivity contribution is 0.0550. The fraction of sp³-hybridized carbons (Fsp3) is 0.458. The van der Waals surface area contributed by atoms with Gasteiger partial charge in [0.15, 0.2) is 13.6 Å². The number of nitrogens with one attached hydrogen (secondary N) is 2. The van der Waals surface area contributed by atoms with Gasteiger partial charge >= 0.3 is 0 Å². The summed E-state index contributed by atoms with van der Waals surface area (Å²) in [6.45, 7) is 3.22. The van der Waals surface area contributed by atoms with E-state index in [0.29, 0.717) is 28.4 Å². The number of piperazine rings is 1. The van der Waals surface area contributed by atoms with Crippen molar-refractivity contribution < 1.29 is 9.90 Å². The molecule has 0 radical (unpaired) electrons. The smallest absolute Gasteiger partial charge is 0.263 e. The Kier molecular flexibility index (Phi) is 7.09. The lowest BCUT2D eigenvalue weighted by Crippen LogP contribution is -2.91. The maximum absolute atomic E-state index is 13.5. The van der Waals surface area contributed by atoms with E-state index in [2.05, 4.69) is 52.0 Å². The first-order chi connectivity index (χ1) is 19.0. The van der Waals surface area contributed by atoms with E-state index in [0.717, 1.165) is 31.4 Å². The molecule has 2 aliphatic rings. The van der Waals surface area contributed by atoms with Gasteiger partial charge in [-0.05, 0) is 60.4 Å². The molecule has 0 aromatic carbocycles. The van der Waals surface area contributed by atoms with Gasteiger partial charge < -0.3 is 20.6 Å². The Morgan fingerprint density at radius 2 is 1.71 bits per heavy atom. The van der Waals surface area contributed by atoms with Crippen LogP contribution in [0.5, 0.6) is 0 Å². The summed E-state index contributed by atoms with van der Waals surface area (Å²) < 4.78 is 1.70. The third kappa shape index (κ3) is 4.65. The molecule has 0 amide bonds. The molecule has 41 heavy (non-hydrogen) atoms. The minimum Gasteiger partial charge on any atom is -0.379 e. The zero-order valence-corrected chi connectivity index (χ0v) is 25.7. The number of aryl methyl sites for hydroxylation is 1. The van der Waals surface area contributed by atoms with Crippen molar-refractivity contribution in [2.45, 2.75) is 67.2 Å².